The molecule has 8 nitrogen and oxygen atoms in total. The van der Waals surface area contributed by atoms with Crippen LogP contribution in [0.2, 0.25) is 0 Å². The maximum atomic E-state index is 13.6. The lowest BCUT2D eigenvalue weighted by molar-refractivity contribution is -0.115. The van der Waals surface area contributed by atoms with E-state index >= 15 is 0 Å². The van der Waals surface area contributed by atoms with E-state index in [9.17, 15) is 14.0 Å². The van der Waals surface area contributed by atoms with Crippen LogP contribution in [0.25, 0.3) is 22.5 Å². The van der Waals surface area contributed by atoms with Gasteiger partial charge >= 0.3 is 0 Å². The predicted octanol–water partition coefficient (Wildman–Crippen LogP) is 7.66. The van der Waals surface area contributed by atoms with Gasteiger partial charge in [-0.05, 0) is 97.6 Å². The summed E-state index contributed by atoms with van der Waals surface area (Å²) in [4.78, 5) is 33.7. The van der Waals surface area contributed by atoms with Crippen LogP contribution in [0.5, 0.6) is 0 Å². The fourth-order valence-electron chi connectivity index (χ4n) is 4.62. The summed E-state index contributed by atoms with van der Waals surface area (Å²) in [5, 5.41) is 9.92. The zero-order chi connectivity index (χ0) is 30.5. The lowest BCUT2D eigenvalue weighted by atomic mass is 10.1. The molecular formula is C33H31FN6O2S. The molecule has 0 aliphatic heterocycles. The zero-order valence-corrected chi connectivity index (χ0v) is 25.1. The second-order valence-corrected chi connectivity index (χ2v) is 10.7. The summed E-state index contributed by atoms with van der Waals surface area (Å²) in [5.41, 5.74) is 6.94. The van der Waals surface area contributed by atoms with E-state index in [-0.39, 0.29) is 17.6 Å². The Labute approximate surface area is 253 Å². The van der Waals surface area contributed by atoms with Crippen molar-refractivity contribution in [1.29, 1.82) is 0 Å². The second-order valence-electron chi connectivity index (χ2n) is 9.88. The van der Waals surface area contributed by atoms with Crippen LogP contribution < -0.4 is 16.0 Å². The normalized spacial score (nSPS) is 10.8. The number of aromatic nitrogens is 3. The van der Waals surface area contributed by atoms with Gasteiger partial charge in [-0.1, -0.05) is 18.7 Å². The molecule has 0 unspecified atom stereocenters. The quantitative estimate of drug-likeness (QED) is 0.152. The van der Waals surface area contributed by atoms with Gasteiger partial charge in [0.05, 0.1) is 11.4 Å². The number of amides is 2. The van der Waals surface area contributed by atoms with Crippen molar-refractivity contribution in [3.05, 3.63) is 102 Å². The molecule has 0 spiro atoms. The highest BCUT2D eigenvalue weighted by Gasteiger charge is 2.18. The van der Waals surface area contributed by atoms with Gasteiger partial charge in [-0.25, -0.2) is 14.4 Å². The second kappa shape index (κ2) is 12.9. The smallest absolute Gasteiger partial charge is 0.255 e. The van der Waals surface area contributed by atoms with Gasteiger partial charge < -0.3 is 20.5 Å². The Balaban J connectivity index is 1.33. The van der Waals surface area contributed by atoms with Crippen molar-refractivity contribution in [2.45, 2.75) is 25.4 Å². The van der Waals surface area contributed by atoms with Crippen LogP contribution in [-0.2, 0) is 11.8 Å². The van der Waals surface area contributed by atoms with Crippen molar-refractivity contribution < 1.29 is 14.0 Å². The minimum atomic E-state index is -0.296. The van der Waals surface area contributed by atoms with Crippen molar-refractivity contribution in [2.24, 2.45) is 7.05 Å². The summed E-state index contributed by atoms with van der Waals surface area (Å²) in [6, 6.07) is 22.6. The number of anilines is 4. The largest absolute Gasteiger partial charge is 0.340 e. The number of halogens is 1. The van der Waals surface area contributed by atoms with Crippen LogP contribution >= 0.6 is 11.8 Å². The number of aryl methyl sites for hydroxylation is 1. The predicted molar refractivity (Wildman–Crippen MR) is 171 cm³/mol. The van der Waals surface area contributed by atoms with Gasteiger partial charge in [0.15, 0.2) is 5.16 Å². The minimum absolute atomic E-state index is 0.0836. The SMILES string of the molecule is CCC(=O)Nc1ccc(C(=O)Nc2ccc(Nc3cc(-c4c(-c5ccc(F)cc5)nc(SC)n4C)ccn3)c(C)c2)cc1. The van der Waals surface area contributed by atoms with Crippen molar-refractivity contribution >= 4 is 46.5 Å². The van der Waals surface area contributed by atoms with Gasteiger partial charge in [0.25, 0.3) is 5.91 Å². The minimum Gasteiger partial charge on any atom is -0.340 e. The Bertz CT molecular complexity index is 1780. The number of carbonyl (C=O) groups is 2. The van der Waals surface area contributed by atoms with E-state index in [1.165, 1.54) is 12.1 Å². The summed E-state index contributed by atoms with van der Waals surface area (Å²) >= 11 is 1.54. The molecule has 43 heavy (non-hydrogen) atoms. The number of thioether (sulfide) groups is 1. The molecule has 0 aliphatic rings. The molecule has 0 atom stereocenters. The number of rotatable bonds is 9. The number of imidazole rings is 1. The lowest BCUT2D eigenvalue weighted by Gasteiger charge is -2.13. The van der Waals surface area contributed by atoms with E-state index in [2.05, 4.69) is 20.9 Å². The van der Waals surface area contributed by atoms with Gasteiger partial charge in [-0.3, -0.25) is 9.59 Å². The molecule has 0 fully saturated rings. The van der Waals surface area contributed by atoms with E-state index in [0.717, 1.165) is 38.9 Å². The van der Waals surface area contributed by atoms with Gasteiger partial charge in [0.1, 0.15) is 11.6 Å². The number of pyridine rings is 1. The highest BCUT2D eigenvalue weighted by molar-refractivity contribution is 7.98. The van der Waals surface area contributed by atoms with Gasteiger partial charge in [-0.2, -0.15) is 0 Å². The molecule has 3 aromatic carbocycles. The molecule has 0 saturated heterocycles. The third-order valence-electron chi connectivity index (χ3n) is 6.89. The fraction of sp³-hybridized carbons (Fsp3) is 0.152. The van der Waals surface area contributed by atoms with E-state index in [1.54, 1.807) is 61.3 Å². The van der Waals surface area contributed by atoms with Crippen LogP contribution in [0.15, 0.2) is 90.2 Å². The van der Waals surface area contributed by atoms with Crippen molar-refractivity contribution in [3.8, 4) is 22.5 Å². The van der Waals surface area contributed by atoms with Crippen LogP contribution in [0.4, 0.5) is 27.3 Å². The first-order valence-corrected chi connectivity index (χ1v) is 14.9. The molecule has 0 aliphatic carbocycles. The third kappa shape index (κ3) is 6.76. The molecule has 3 N–H and O–H groups in total. The van der Waals surface area contributed by atoms with E-state index < -0.39 is 0 Å². The lowest BCUT2D eigenvalue weighted by Crippen LogP contribution is -2.13. The number of nitrogens with one attached hydrogen (secondary N) is 3. The summed E-state index contributed by atoms with van der Waals surface area (Å²) in [7, 11) is 1.96. The molecule has 5 aromatic rings. The number of carbonyl (C=O) groups excluding carboxylic acids is 2. The monoisotopic (exact) mass is 594 g/mol. The Morgan fingerprint density at radius 2 is 1.63 bits per heavy atom. The number of nitrogens with zero attached hydrogens (tertiary/aromatic N) is 3. The van der Waals surface area contributed by atoms with Crippen LogP contribution in [0.3, 0.4) is 0 Å². The molecule has 5 rings (SSSR count). The molecule has 2 aromatic heterocycles. The van der Waals surface area contributed by atoms with Crippen LogP contribution in [-0.4, -0.2) is 32.6 Å². The number of hydrogen-bond donors (Lipinski definition) is 3. The van der Waals surface area contributed by atoms with E-state index in [0.29, 0.717) is 29.2 Å². The average molecular weight is 595 g/mol. The number of hydrogen-bond acceptors (Lipinski definition) is 6. The molecule has 2 amide bonds. The van der Waals surface area contributed by atoms with Crippen LogP contribution in [0, 0.1) is 12.7 Å². The van der Waals surface area contributed by atoms with Crippen molar-refractivity contribution in [2.75, 3.05) is 22.2 Å². The van der Waals surface area contributed by atoms with E-state index in [4.69, 9.17) is 4.98 Å². The van der Waals surface area contributed by atoms with Gasteiger partial charge in [0, 0.05) is 53.4 Å². The first-order valence-electron chi connectivity index (χ1n) is 13.7. The Kier molecular flexibility index (Phi) is 8.87. The highest BCUT2D eigenvalue weighted by Crippen LogP contribution is 2.36. The van der Waals surface area contributed by atoms with E-state index in [1.807, 2.05) is 55.1 Å². The molecule has 2 heterocycles. The molecule has 218 valence electrons. The van der Waals surface area contributed by atoms with Gasteiger partial charge in [0.2, 0.25) is 5.91 Å². The molecular weight excluding hydrogens is 563 g/mol. The maximum absolute atomic E-state index is 13.6. The third-order valence-corrected chi connectivity index (χ3v) is 7.62. The highest BCUT2D eigenvalue weighted by atomic mass is 32.2. The molecule has 10 heteroatoms. The number of benzene rings is 3. The standard InChI is InChI=1S/C33H31FN6O2S/c1-5-29(41)36-25-12-8-22(9-13-25)32(42)37-26-14-15-27(20(2)18-26)38-28-19-23(16-17-35-28)31-30(39-33(43-4)40(31)3)21-6-10-24(34)11-7-21/h6-19H,5H2,1-4H3,(H,35,38)(H,36,41)(H,37,42). The molecule has 0 saturated carbocycles. The topological polar surface area (TPSA) is 101 Å². The average Bonchev–Trinajstić information content (AvgIpc) is 3.35. The first-order chi connectivity index (χ1) is 20.7. The first kappa shape index (κ1) is 29.5. The summed E-state index contributed by atoms with van der Waals surface area (Å²) in [6.07, 6.45) is 4.09. The van der Waals surface area contributed by atoms with Gasteiger partial charge in [-0.15, -0.1) is 0 Å². The fourth-order valence-corrected chi connectivity index (χ4v) is 5.17. The van der Waals surface area contributed by atoms with Crippen molar-refractivity contribution in [1.82, 2.24) is 14.5 Å². The van der Waals surface area contributed by atoms with Crippen molar-refractivity contribution in [3.63, 3.8) is 0 Å². The summed E-state index contributed by atoms with van der Waals surface area (Å²) in [6.45, 7) is 3.73. The van der Waals surface area contributed by atoms with Crippen LogP contribution in [0.1, 0.15) is 29.3 Å². The Morgan fingerprint density at radius 3 is 2.30 bits per heavy atom. The molecule has 0 bridgehead atoms. The summed E-state index contributed by atoms with van der Waals surface area (Å²) < 4.78 is 15.6. The zero-order valence-electron chi connectivity index (χ0n) is 24.2. The Hall–Kier alpha value is -4.96. The Morgan fingerprint density at radius 1 is 0.907 bits per heavy atom. The molecule has 0 radical (unpaired) electrons. The summed E-state index contributed by atoms with van der Waals surface area (Å²) in [5.74, 6) is 0.0142. The maximum Gasteiger partial charge on any atom is 0.255 e.